The van der Waals surface area contributed by atoms with E-state index in [1.54, 1.807) is 0 Å². The van der Waals surface area contributed by atoms with E-state index in [9.17, 15) is 13.2 Å². The van der Waals surface area contributed by atoms with Crippen molar-refractivity contribution in [3.63, 3.8) is 0 Å². The predicted octanol–water partition coefficient (Wildman–Crippen LogP) is 3.65. The first kappa shape index (κ1) is 5.52. The third-order valence-corrected chi connectivity index (χ3v) is 1.72. The molecule has 15 heavy (non-hydrogen) atoms. The Morgan fingerprint density at radius 1 is 1.60 bits per heavy atom. The average molecular weight is 291 g/mol. The van der Waals surface area contributed by atoms with E-state index >= 15 is 0 Å². The van der Waals surface area contributed by atoms with Gasteiger partial charge in [-0.2, -0.15) is 13.2 Å². The third kappa shape index (κ3) is 3.70. The van der Waals surface area contributed by atoms with Gasteiger partial charge in [-0.15, -0.1) is 0 Å². The first-order valence-electron chi connectivity index (χ1n) is 7.02. The number of rotatable bonds is 3. The summed E-state index contributed by atoms with van der Waals surface area (Å²) in [6, 6.07) is 1.48. The maximum Gasteiger partial charge on any atom is 0.433 e. The number of ether oxygens (including phenoxy) is 1. The summed E-state index contributed by atoms with van der Waals surface area (Å²) in [7, 11) is 0. The Hall–Kier alpha value is -0.780. The fraction of sp³-hybridized carbons (Fsp3) is 0.444. The molecule has 0 atom stereocenters. The number of aromatic nitrogens is 1. The summed E-state index contributed by atoms with van der Waals surface area (Å²) < 4.78 is 92.4. The largest absolute Gasteiger partial charge is 0.478 e. The lowest BCUT2D eigenvalue weighted by Gasteiger charge is -2.09. The van der Waals surface area contributed by atoms with Gasteiger partial charge in [-0.3, -0.25) is 0 Å². The van der Waals surface area contributed by atoms with E-state index in [1.165, 1.54) is 0 Å². The molecule has 0 aromatic carbocycles. The van der Waals surface area contributed by atoms with Crippen molar-refractivity contribution in [3.8, 4) is 5.88 Å². The van der Waals surface area contributed by atoms with E-state index in [1.807, 2.05) is 0 Å². The third-order valence-electron chi connectivity index (χ3n) is 1.26. The van der Waals surface area contributed by atoms with Crippen LogP contribution in [0.2, 0.25) is 0 Å². The number of alkyl halides is 3. The summed E-state index contributed by atoms with van der Waals surface area (Å²) in [5, 5.41) is 0. The molecule has 0 fully saturated rings. The van der Waals surface area contributed by atoms with Gasteiger partial charge in [-0.1, -0.05) is 22.8 Å². The minimum atomic E-state index is -4.84. The van der Waals surface area contributed by atoms with Crippen LogP contribution in [0.5, 0.6) is 5.88 Å². The standard InChI is InChI=1S/C9H9BrF3NO/c1-2-3-15-8-5-6(10)4-7(14-8)9(11,12)13/h4-5H,2-3H2,1H3/i1D3,2D2,3D2. The second kappa shape index (κ2) is 4.83. The highest BCUT2D eigenvalue weighted by molar-refractivity contribution is 9.10. The van der Waals surface area contributed by atoms with Crippen molar-refractivity contribution in [3.05, 3.63) is 22.3 Å². The lowest BCUT2D eigenvalue weighted by Crippen LogP contribution is -2.09. The highest BCUT2D eigenvalue weighted by Crippen LogP contribution is 2.31. The number of halogens is 4. The first-order valence-corrected chi connectivity index (χ1v) is 4.31. The molecule has 0 N–H and O–H groups in total. The average Bonchev–Trinajstić information content (AvgIpc) is 2.24. The molecular formula is C9H9BrF3NO. The van der Waals surface area contributed by atoms with Crippen LogP contribution in [-0.2, 0) is 6.18 Å². The zero-order chi connectivity index (χ0) is 17.6. The molecule has 0 saturated carbocycles. The van der Waals surface area contributed by atoms with Gasteiger partial charge in [0.05, 0.1) is 9.30 Å². The summed E-state index contributed by atoms with van der Waals surface area (Å²) in [6.45, 7) is -6.83. The highest BCUT2D eigenvalue weighted by Gasteiger charge is 2.33. The Morgan fingerprint density at radius 3 is 2.93 bits per heavy atom. The predicted molar refractivity (Wildman–Crippen MR) is 52.7 cm³/mol. The minimum Gasteiger partial charge on any atom is -0.478 e. The number of hydrogen-bond donors (Lipinski definition) is 0. The Labute approximate surface area is 103 Å². The molecule has 1 aromatic heterocycles. The van der Waals surface area contributed by atoms with Gasteiger partial charge in [-0.05, 0) is 12.4 Å². The van der Waals surface area contributed by atoms with Crippen molar-refractivity contribution >= 4 is 15.9 Å². The quantitative estimate of drug-likeness (QED) is 0.848. The van der Waals surface area contributed by atoms with Crippen LogP contribution in [0.1, 0.15) is 28.5 Å². The first-order chi connectivity index (χ1) is 9.58. The highest BCUT2D eigenvalue weighted by atomic mass is 79.9. The molecule has 0 saturated heterocycles. The van der Waals surface area contributed by atoms with E-state index < -0.39 is 37.5 Å². The second-order valence-electron chi connectivity index (χ2n) is 2.34. The molecule has 2 nitrogen and oxygen atoms in total. The number of nitrogens with zero attached hydrogens (tertiary/aromatic N) is 1. The molecule has 0 aliphatic rings. The summed E-state index contributed by atoms with van der Waals surface area (Å²) in [5.74, 6) is -0.903. The van der Waals surface area contributed by atoms with Crippen molar-refractivity contribution < 1.29 is 27.5 Å². The lowest BCUT2D eigenvalue weighted by atomic mass is 10.3. The summed E-state index contributed by atoms with van der Waals surface area (Å²) >= 11 is 2.76. The van der Waals surface area contributed by atoms with Crippen LogP contribution in [0.4, 0.5) is 13.2 Å². The van der Waals surface area contributed by atoms with Gasteiger partial charge in [0.25, 0.3) is 0 Å². The Bertz CT molecular complexity index is 561. The van der Waals surface area contributed by atoms with Crippen molar-refractivity contribution in [2.24, 2.45) is 0 Å². The zero-order valence-corrected chi connectivity index (χ0v) is 8.61. The molecule has 6 heteroatoms. The molecule has 0 bridgehead atoms. The normalized spacial score (nSPS) is 21.2. The van der Waals surface area contributed by atoms with Gasteiger partial charge in [0.1, 0.15) is 5.69 Å². The molecule has 0 aliphatic carbocycles. The number of pyridine rings is 1. The van der Waals surface area contributed by atoms with Crippen molar-refractivity contribution in [1.29, 1.82) is 0 Å². The topological polar surface area (TPSA) is 22.1 Å². The molecule has 0 radical (unpaired) electrons. The summed E-state index contributed by atoms with van der Waals surface area (Å²) in [5.41, 5.74) is -1.40. The van der Waals surface area contributed by atoms with Crippen LogP contribution in [0.15, 0.2) is 16.6 Å². The smallest absolute Gasteiger partial charge is 0.433 e. The van der Waals surface area contributed by atoms with Crippen molar-refractivity contribution in [2.75, 3.05) is 6.56 Å². The molecule has 84 valence electrons. The molecule has 1 rings (SSSR count). The fourth-order valence-electron chi connectivity index (χ4n) is 0.749. The van der Waals surface area contributed by atoms with E-state index in [0.29, 0.717) is 6.07 Å². The van der Waals surface area contributed by atoms with Crippen LogP contribution in [0, 0.1) is 0 Å². The van der Waals surface area contributed by atoms with Crippen molar-refractivity contribution in [1.82, 2.24) is 4.98 Å². The molecule has 1 heterocycles. The Morgan fingerprint density at radius 2 is 2.33 bits per heavy atom. The van der Waals surface area contributed by atoms with Crippen LogP contribution in [0.3, 0.4) is 0 Å². The maximum absolute atomic E-state index is 12.6. The molecule has 0 unspecified atom stereocenters. The summed E-state index contributed by atoms with van der Waals surface area (Å²) in [6.07, 6.45) is -8.31. The Balaban J connectivity index is 3.22. The van der Waals surface area contributed by atoms with E-state index in [4.69, 9.17) is 9.60 Å². The van der Waals surface area contributed by atoms with Gasteiger partial charge >= 0.3 is 6.18 Å². The van der Waals surface area contributed by atoms with E-state index in [-0.39, 0.29) is 4.47 Å². The van der Waals surface area contributed by atoms with Crippen LogP contribution >= 0.6 is 15.9 Å². The molecule has 1 aromatic rings. The molecule has 0 aliphatic heterocycles. The Kier molecular flexibility index (Phi) is 1.78. The van der Waals surface area contributed by atoms with Gasteiger partial charge in [0, 0.05) is 17.4 Å². The monoisotopic (exact) mass is 290 g/mol. The van der Waals surface area contributed by atoms with Crippen LogP contribution < -0.4 is 4.74 Å². The van der Waals surface area contributed by atoms with E-state index in [2.05, 4.69) is 25.7 Å². The lowest BCUT2D eigenvalue weighted by molar-refractivity contribution is -0.141. The molecular weight excluding hydrogens is 275 g/mol. The molecule has 0 amide bonds. The van der Waals surface area contributed by atoms with Gasteiger partial charge in [0.15, 0.2) is 0 Å². The van der Waals surface area contributed by atoms with Crippen molar-refractivity contribution in [2.45, 2.75) is 19.4 Å². The van der Waals surface area contributed by atoms with E-state index in [0.717, 1.165) is 6.07 Å². The SMILES string of the molecule is [2H]C([2H])([2H])C([2H])([2H])C([2H])([2H])Oc1cc(Br)cc(C(F)(F)F)n1. The van der Waals surface area contributed by atoms with Gasteiger partial charge < -0.3 is 4.74 Å². The van der Waals surface area contributed by atoms with Crippen LogP contribution in [0.25, 0.3) is 0 Å². The minimum absolute atomic E-state index is 0.143. The van der Waals surface area contributed by atoms with Crippen LogP contribution in [-0.4, -0.2) is 11.5 Å². The number of hydrogen-bond acceptors (Lipinski definition) is 2. The fourth-order valence-corrected chi connectivity index (χ4v) is 1.16. The second-order valence-corrected chi connectivity index (χ2v) is 3.25. The van der Waals surface area contributed by atoms with Gasteiger partial charge in [0.2, 0.25) is 5.88 Å². The summed E-state index contributed by atoms with van der Waals surface area (Å²) in [4.78, 5) is 3.02. The van der Waals surface area contributed by atoms with Gasteiger partial charge in [-0.25, -0.2) is 4.98 Å². The maximum atomic E-state index is 12.6. The molecule has 0 spiro atoms. The zero-order valence-electron chi connectivity index (χ0n) is 14.0.